The minimum atomic E-state index is -0.133. The Balaban J connectivity index is 2.74. The lowest BCUT2D eigenvalue weighted by atomic mass is 10.2. The van der Waals surface area contributed by atoms with E-state index in [-0.39, 0.29) is 11.8 Å². The van der Waals surface area contributed by atoms with Crippen LogP contribution in [0.4, 0.5) is 0 Å². The van der Waals surface area contributed by atoms with Gasteiger partial charge in [-0.3, -0.25) is 4.79 Å². The average molecular weight is 301 g/mol. The van der Waals surface area contributed by atoms with E-state index in [4.69, 9.17) is 5.26 Å². The van der Waals surface area contributed by atoms with Gasteiger partial charge in [0.05, 0.1) is 21.3 Å². The molecule has 5 heteroatoms. The van der Waals surface area contributed by atoms with Crippen LogP contribution >= 0.6 is 27.3 Å². The van der Waals surface area contributed by atoms with Gasteiger partial charge in [-0.15, -0.1) is 11.3 Å². The van der Waals surface area contributed by atoms with E-state index < -0.39 is 0 Å². The number of nitrogens with zero attached hydrogens (tertiary/aromatic N) is 2. The average Bonchev–Trinajstić information content (AvgIpc) is 2.71. The molecule has 0 saturated heterocycles. The molecule has 0 aliphatic rings. The van der Waals surface area contributed by atoms with E-state index in [0.29, 0.717) is 18.7 Å². The molecule has 3 nitrogen and oxygen atoms in total. The van der Waals surface area contributed by atoms with E-state index >= 15 is 0 Å². The van der Waals surface area contributed by atoms with Crippen LogP contribution in [0.25, 0.3) is 0 Å². The summed E-state index contributed by atoms with van der Waals surface area (Å²) in [6, 6.07) is 3.95. The largest absolute Gasteiger partial charge is 0.338 e. The maximum absolute atomic E-state index is 12.0. The van der Waals surface area contributed by atoms with E-state index in [1.165, 1.54) is 11.3 Å². The van der Waals surface area contributed by atoms with Gasteiger partial charge in [0, 0.05) is 18.5 Å². The molecule has 0 saturated carbocycles. The Morgan fingerprint density at radius 3 is 2.88 bits per heavy atom. The number of hydrogen-bond acceptors (Lipinski definition) is 3. The van der Waals surface area contributed by atoms with Gasteiger partial charge in [0.2, 0.25) is 0 Å². The molecule has 1 aromatic heterocycles. The van der Waals surface area contributed by atoms with Gasteiger partial charge in [0.25, 0.3) is 5.91 Å². The summed E-state index contributed by atoms with van der Waals surface area (Å²) in [5.74, 6) is -0.141. The van der Waals surface area contributed by atoms with Crippen LogP contribution in [0.5, 0.6) is 0 Å². The Hall–Kier alpha value is -0.860. The van der Waals surface area contributed by atoms with Gasteiger partial charge >= 0.3 is 0 Å². The standard InChI is InChI=1S/C11H13BrN2OS/c1-3-14(6-8(2)5-13)11(15)9-4-10(12)16-7-9/h4,7-8H,3,6H2,1-2H3. The van der Waals surface area contributed by atoms with Gasteiger partial charge in [-0.05, 0) is 35.8 Å². The summed E-state index contributed by atoms with van der Waals surface area (Å²) in [7, 11) is 0. The van der Waals surface area contributed by atoms with Crippen LogP contribution < -0.4 is 0 Å². The minimum absolute atomic E-state index is 0.00782. The Kier molecular flexibility index (Phi) is 4.97. The predicted molar refractivity (Wildman–Crippen MR) is 68.4 cm³/mol. The first-order chi connectivity index (χ1) is 7.58. The molecule has 0 spiro atoms. The molecule has 0 aliphatic carbocycles. The molecule has 1 heterocycles. The number of nitriles is 1. The van der Waals surface area contributed by atoms with Gasteiger partial charge in [0.15, 0.2) is 0 Å². The molecule has 86 valence electrons. The number of halogens is 1. The van der Waals surface area contributed by atoms with Crippen molar-refractivity contribution in [3.05, 3.63) is 20.8 Å². The number of rotatable bonds is 4. The molecule has 0 N–H and O–H groups in total. The summed E-state index contributed by atoms with van der Waals surface area (Å²) < 4.78 is 0.945. The number of amides is 1. The highest BCUT2D eigenvalue weighted by Crippen LogP contribution is 2.22. The second kappa shape index (κ2) is 6.02. The first-order valence-electron chi connectivity index (χ1n) is 5.01. The third-order valence-electron chi connectivity index (χ3n) is 2.20. The molecule has 0 bridgehead atoms. The molecule has 1 unspecified atom stereocenters. The van der Waals surface area contributed by atoms with Crippen LogP contribution in [-0.2, 0) is 0 Å². The monoisotopic (exact) mass is 300 g/mol. The van der Waals surface area contributed by atoms with E-state index in [1.807, 2.05) is 25.3 Å². The molecular weight excluding hydrogens is 288 g/mol. The van der Waals surface area contributed by atoms with Gasteiger partial charge in [-0.1, -0.05) is 0 Å². The lowest BCUT2D eigenvalue weighted by Crippen LogP contribution is -2.34. The van der Waals surface area contributed by atoms with Gasteiger partial charge in [-0.2, -0.15) is 5.26 Å². The third kappa shape index (κ3) is 3.32. The van der Waals surface area contributed by atoms with Crippen molar-refractivity contribution in [2.24, 2.45) is 5.92 Å². The fourth-order valence-corrected chi connectivity index (χ4v) is 2.46. The van der Waals surface area contributed by atoms with Crippen LogP contribution in [0.15, 0.2) is 15.2 Å². The lowest BCUT2D eigenvalue weighted by Gasteiger charge is -2.21. The highest BCUT2D eigenvalue weighted by molar-refractivity contribution is 9.11. The van der Waals surface area contributed by atoms with E-state index in [2.05, 4.69) is 22.0 Å². The Labute approximate surface area is 108 Å². The van der Waals surface area contributed by atoms with Crippen molar-refractivity contribution in [2.75, 3.05) is 13.1 Å². The molecule has 1 atom stereocenters. The van der Waals surface area contributed by atoms with Crippen LogP contribution in [0.3, 0.4) is 0 Å². The molecular formula is C11H13BrN2OS. The zero-order valence-corrected chi connectivity index (χ0v) is 11.6. The minimum Gasteiger partial charge on any atom is -0.338 e. The van der Waals surface area contributed by atoms with Crippen LogP contribution in [0.1, 0.15) is 24.2 Å². The summed E-state index contributed by atoms with van der Waals surface area (Å²) >= 11 is 4.82. The highest BCUT2D eigenvalue weighted by Gasteiger charge is 2.17. The quantitative estimate of drug-likeness (QED) is 0.857. The second-order valence-electron chi connectivity index (χ2n) is 3.51. The summed E-state index contributed by atoms with van der Waals surface area (Å²) in [6.45, 7) is 4.85. The number of thiophene rings is 1. The van der Waals surface area contributed by atoms with Crippen LogP contribution in [0.2, 0.25) is 0 Å². The SMILES string of the molecule is CCN(CC(C)C#N)C(=O)c1csc(Br)c1. The van der Waals surface area contributed by atoms with E-state index in [9.17, 15) is 4.79 Å². The lowest BCUT2D eigenvalue weighted by molar-refractivity contribution is 0.0753. The summed E-state index contributed by atoms with van der Waals surface area (Å²) in [6.07, 6.45) is 0. The van der Waals surface area contributed by atoms with E-state index in [0.717, 1.165) is 3.79 Å². The first kappa shape index (κ1) is 13.2. The smallest absolute Gasteiger partial charge is 0.254 e. The highest BCUT2D eigenvalue weighted by atomic mass is 79.9. The maximum atomic E-state index is 12.0. The molecule has 16 heavy (non-hydrogen) atoms. The van der Waals surface area contributed by atoms with Crippen LogP contribution in [0, 0.1) is 17.2 Å². The molecule has 0 aromatic carbocycles. The topological polar surface area (TPSA) is 44.1 Å². The summed E-state index contributed by atoms with van der Waals surface area (Å²) in [4.78, 5) is 13.7. The van der Waals surface area contributed by atoms with Gasteiger partial charge in [0.1, 0.15) is 0 Å². The summed E-state index contributed by atoms with van der Waals surface area (Å²) in [5.41, 5.74) is 0.684. The second-order valence-corrected chi connectivity index (χ2v) is 5.80. The van der Waals surface area contributed by atoms with Crippen molar-refractivity contribution in [3.8, 4) is 6.07 Å². The molecule has 0 radical (unpaired) electrons. The summed E-state index contributed by atoms with van der Waals surface area (Å²) in [5, 5.41) is 10.6. The Bertz CT molecular complexity index is 410. The van der Waals surface area contributed by atoms with Crippen LogP contribution in [-0.4, -0.2) is 23.9 Å². The predicted octanol–water partition coefficient (Wildman–Crippen LogP) is 3.13. The molecule has 1 aromatic rings. The first-order valence-corrected chi connectivity index (χ1v) is 6.68. The van der Waals surface area contributed by atoms with Crippen molar-refractivity contribution in [3.63, 3.8) is 0 Å². The van der Waals surface area contributed by atoms with Crippen molar-refractivity contribution < 1.29 is 4.79 Å². The maximum Gasteiger partial charge on any atom is 0.254 e. The van der Waals surface area contributed by atoms with Crippen molar-refractivity contribution in [1.29, 1.82) is 5.26 Å². The fraction of sp³-hybridized carbons (Fsp3) is 0.455. The zero-order valence-electron chi connectivity index (χ0n) is 9.24. The molecule has 1 amide bonds. The molecule has 1 rings (SSSR count). The number of carbonyl (C=O) groups excluding carboxylic acids is 1. The Morgan fingerprint density at radius 2 is 2.44 bits per heavy atom. The van der Waals surface area contributed by atoms with Gasteiger partial charge in [-0.25, -0.2) is 0 Å². The van der Waals surface area contributed by atoms with Crippen molar-refractivity contribution in [1.82, 2.24) is 4.90 Å². The fourth-order valence-electron chi connectivity index (χ4n) is 1.33. The van der Waals surface area contributed by atoms with E-state index in [1.54, 1.807) is 4.90 Å². The zero-order chi connectivity index (χ0) is 12.1. The third-order valence-corrected chi connectivity index (χ3v) is 3.70. The molecule has 0 fully saturated rings. The number of hydrogen-bond donors (Lipinski definition) is 0. The van der Waals surface area contributed by atoms with Crippen molar-refractivity contribution >= 4 is 33.2 Å². The molecule has 0 aliphatic heterocycles. The normalized spacial score (nSPS) is 11.9. The van der Waals surface area contributed by atoms with Gasteiger partial charge < -0.3 is 4.90 Å². The number of carbonyl (C=O) groups is 1. The van der Waals surface area contributed by atoms with Crippen molar-refractivity contribution in [2.45, 2.75) is 13.8 Å². The Morgan fingerprint density at radius 1 is 1.75 bits per heavy atom.